The van der Waals surface area contributed by atoms with Crippen LogP contribution in [0.3, 0.4) is 0 Å². The highest BCUT2D eigenvalue weighted by atomic mass is 19.1. The van der Waals surface area contributed by atoms with Crippen molar-refractivity contribution in [3.63, 3.8) is 0 Å². The molecule has 0 atom stereocenters. The van der Waals surface area contributed by atoms with E-state index in [-0.39, 0.29) is 29.4 Å². The first-order chi connectivity index (χ1) is 12.5. The van der Waals surface area contributed by atoms with E-state index < -0.39 is 0 Å². The normalized spacial score (nSPS) is 15.1. The number of ether oxygens (including phenoxy) is 1. The van der Waals surface area contributed by atoms with E-state index in [4.69, 9.17) is 9.15 Å². The van der Waals surface area contributed by atoms with E-state index in [1.165, 1.54) is 31.4 Å². The zero-order valence-electron chi connectivity index (χ0n) is 14.6. The lowest BCUT2D eigenvalue weighted by Gasteiger charge is -2.35. The molecule has 0 saturated carbocycles. The van der Waals surface area contributed by atoms with Crippen LogP contribution in [0.25, 0.3) is 0 Å². The molecule has 2 heterocycles. The van der Waals surface area contributed by atoms with E-state index in [1.54, 1.807) is 12.1 Å². The third kappa shape index (κ3) is 4.70. The zero-order chi connectivity index (χ0) is 18.5. The third-order valence-corrected chi connectivity index (χ3v) is 4.23. The highest BCUT2D eigenvalue weighted by molar-refractivity contribution is 5.77. The average Bonchev–Trinajstić information content (AvgIpc) is 2.62. The standard InChI is InChI=1S/C19H21FN2O4/c1-14(23)12-26-19-13-25-17(10-18(19)24)11-21-6-8-22(9-7-21)16-4-2-15(20)3-5-16/h2-5,10,13H,6-9,11-12H2,1H3. The molecule has 0 radical (unpaired) electrons. The number of piperazine rings is 1. The number of hydrogen-bond donors (Lipinski definition) is 0. The first-order valence-electron chi connectivity index (χ1n) is 8.48. The second-order valence-electron chi connectivity index (χ2n) is 6.31. The summed E-state index contributed by atoms with van der Waals surface area (Å²) in [7, 11) is 0. The maximum absolute atomic E-state index is 13.0. The first-order valence-corrected chi connectivity index (χ1v) is 8.48. The van der Waals surface area contributed by atoms with E-state index >= 15 is 0 Å². The maximum atomic E-state index is 13.0. The lowest BCUT2D eigenvalue weighted by molar-refractivity contribution is -0.118. The predicted octanol–water partition coefficient (Wildman–Crippen LogP) is 2.07. The summed E-state index contributed by atoms with van der Waals surface area (Å²) in [6, 6.07) is 7.90. The molecule has 0 aliphatic carbocycles. The van der Waals surface area contributed by atoms with Crippen LogP contribution >= 0.6 is 0 Å². The summed E-state index contributed by atoms with van der Waals surface area (Å²) in [5.41, 5.74) is 0.710. The van der Waals surface area contributed by atoms with Gasteiger partial charge in [0.15, 0.2) is 5.78 Å². The molecule has 1 aliphatic heterocycles. The summed E-state index contributed by atoms with van der Waals surface area (Å²) in [5.74, 6) is 0.205. The SMILES string of the molecule is CC(=O)COc1coc(CN2CCN(c3ccc(F)cc3)CC2)cc1=O. The molecule has 1 fully saturated rings. The van der Waals surface area contributed by atoms with Gasteiger partial charge in [-0.25, -0.2) is 4.39 Å². The summed E-state index contributed by atoms with van der Waals surface area (Å²) >= 11 is 0. The number of halogens is 1. The second kappa shape index (κ2) is 8.14. The van der Waals surface area contributed by atoms with Gasteiger partial charge < -0.3 is 14.1 Å². The van der Waals surface area contributed by atoms with Crippen molar-refractivity contribution in [1.82, 2.24) is 4.90 Å². The molecule has 1 saturated heterocycles. The van der Waals surface area contributed by atoms with Crippen LogP contribution in [0.4, 0.5) is 10.1 Å². The monoisotopic (exact) mass is 360 g/mol. The molecule has 0 amide bonds. The number of nitrogens with zero attached hydrogens (tertiary/aromatic N) is 2. The van der Waals surface area contributed by atoms with Crippen LogP contribution in [0.1, 0.15) is 12.7 Å². The van der Waals surface area contributed by atoms with Crippen molar-refractivity contribution in [3.8, 4) is 5.75 Å². The molecule has 1 aliphatic rings. The van der Waals surface area contributed by atoms with Gasteiger partial charge >= 0.3 is 0 Å². The summed E-state index contributed by atoms with van der Waals surface area (Å²) in [4.78, 5) is 27.3. The molecule has 0 N–H and O–H groups in total. The van der Waals surface area contributed by atoms with Crippen LogP contribution in [0.2, 0.25) is 0 Å². The quantitative estimate of drug-likeness (QED) is 0.786. The Balaban J connectivity index is 1.54. The minimum atomic E-state index is -0.294. The topological polar surface area (TPSA) is 63.0 Å². The highest BCUT2D eigenvalue weighted by Crippen LogP contribution is 2.18. The van der Waals surface area contributed by atoms with Crippen molar-refractivity contribution in [2.75, 3.05) is 37.7 Å². The molecule has 0 unspecified atom stereocenters. The summed E-state index contributed by atoms with van der Waals surface area (Å²) in [6.45, 7) is 5.02. The van der Waals surface area contributed by atoms with Crippen molar-refractivity contribution in [2.24, 2.45) is 0 Å². The molecule has 7 heteroatoms. The second-order valence-corrected chi connectivity index (χ2v) is 6.31. The van der Waals surface area contributed by atoms with Gasteiger partial charge in [0.25, 0.3) is 0 Å². The Morgan fingerprint density at radius 2 is 1.88 bits per heavy atom. The van der Waals surface area contributed by atoms with Crippen molar-refractivity contribution in [3.05, 3.63) is 58.4 Å². The van der Waals surface area contributed by atoms with Crippen molar-refractivity contribution in [1.29, 1.82) is 0 Å². The van der Waals surface area contributed by atoms with Crippen molar-refractivity contribution in [2.45, 2.75) is 13.5 Å². The van der Waals surface area contributed by atoms with Crippen LogP contribution in [0, 0.1) is 5.82 Å². The Morgan fingerprint density at radius 1 is 1.19 bits per heavy atom. The number of ketones is 1. The van der Waals surface area contributed by atoms with Gasteiger partial charge in [-0.3, -0.25) is 14.5 Å². The average molecular weight is 360 g/mol. The van der Waals surface area contributed by atoms with Crippen LogP contribution in [0.15, 0.2) is 45.8 Å². The molecule has 1 aromatic heterocycles. The van der Waals surface area contributed by atoms with E-state index in [2.05, 4.69) is 9.80 Å². The van der Waals surface area contributed by atoms with Crippen LogP contribution in [0.5, 0.6) is 5.75 Å². The number of rotatable bonds is 6. The molecule has 2 aromatic rings. The third-order valence-electron chi connectivity index (χ3n) is 4.23. The van der Waals surface area contributed by atoms with Gasteiger partial charge in [-0.1, -0.05) is 0 Å². The summed E-state index contributed by atoms with van der Waals surface area (Å²) < 4.78 is 23.6. The fraction of sp³-hybridized carbons (Fsp3) is 0.368. The van der Waals surface area contributed by atoms with E-state index in [0.717, 1.165) is 31.9 Å². The van der Waals surface area contributed by atoms with Gasteiger partial charge in [0.05, 0.1) is 6.54 Å². The smallest absolute Gasteiger partial charge is 0.227 e. The molecular weight excluding hydrogens is 339 g/mol. The van der Waals surface area contributed by atoms with Crippen molar-refractivity contribution < 1.29 is 18.3 Å². The molecule has 3 rings (SSSR count). The largest absolute Gasteiger partial charge is 0.479 e. The van der Waals surface area contributed by atoms with Crippen LogP contribution in [-0.4, -0.2) is 43.5 Å². The number of benzene rings is 1. The van der Waals surface area contributed by atoms with Gasteiger partial charge in [0, 0.05) is 37.9 Å². The Hall–Kier alpha value is -2.67. The molecule has 1 aromatic carbocycles. The zero-order valence-corrected chi connectivity index (χ0v) is 14.6. The minimum Gasteiger partial charge on any atom is -0.479 e. The van der Waals surface area contributed by atoms with Gasteiger partial charge in [0.2, 0.25) is 11.2 Å². The Kier molecular flexibility index (Phi) is 5.68. The Morgan fingerprint density at radius 3 is 2.50 bits per heavy atom. The van der Waals surface area contributed by atoms with E-state index in [1.807, 2.05) is 0 Å². The molecule has 6 nitrogen and oxygen atoms in total. The number of hydrogen-bond acceptors (Lipinski definition) is 6. The number of anilines is 1. The van der Waals surface area contributed by atoms with E-state index in [9.17, 15) is 14.0 Å². The highest BCUT2D eigenvalue weighted by Gasteiger charge is 2.18. The fourth-order valence-corrected chi connectivity index (χ4v) is 2.84. The van der Waals surface area contributed by atoms with E-state index in [0.29, 0.717) is 12.3 Å². The number of carbonyl (C=O) groups is 1. The fourth-order valence-electron chi connectivity index (χ4n) is 2.84. The Labute approximate surface area is 150 Å². The molecular formula is C19H21FN2O4. The first kappa shape index (κ1) is 18.1. The van der Waals surface area contributed by atoms with Gasteiger partial charge in [-0.15, -0.1) is 0 Å². The van der Waals surface area contributed by atoms with Crippen LogP contribution in [-0.2, 0) is 11.3 Å². The molecule has 26 heavy (non-hydrogen) atoms. The lowest BCUT2D eigenvalue weighted by atomic mass is 10.2. The predicted molar refractivity (Wildman–Crippen MR) is 95.0 cm³/mol. The summed E-state index contributed by atoms with van der Waals surface area (Å²) in [5, 5.41) is 0. The molecule has 0 bridgehead atoms. The number of carbonyl (C=O) groups excluding carboxylic acids is 1. The summed E-state index contributed by atoms with van der Waals surface area (Å²) in [6.07, 6.45) is 1.26. The Bertz CT molecular complexity index is 811. The number of Topliss-reactive ketones (excluding diaryl/α,β-unsaturated/α-hetero) is 1. The maximum Gasteiger partial charge on any atom is 0.227 e. The van der Waals surface area contributed by atoms with Gasteiger partial charge in [-0.05, 0) is 31.2 Å². The molecule has 138 valence electrons. The van der Waals surface area contributed by atoms with Gasteiger partial charge in [-0.2, -0.15) is 0 Å². The lowest BCUT2D eigenvalue weighted by Crippen LogP contribution is -2.46. The minimum absolute atomic E-state index is 0.0464. The van der Waals surface area contributed by atoms with Crippen LogP contribution < -0.4 is 15.1 Å². The van der Waals surface area contributed by atoms with Gasteiger partial charge in [0.1, 0.15) is 24.4 Å². The molecule has 0 spiro atoms. The van der Waals surface area contributed by atoms with Crippen molar-refractivity contribution >= 4 is 11.5 Å².